The normalized spacial score (nSPS) is 15.8. The second kappa shape index (κ2) is 6.75. The maximum absolute atomic E-state index is 12.0. The maximum atomic E-state index is 12.0. The van der Waals surface area contributed by atoms with Gasteiger partial charge in [-0.2, -0.15) is 0 Å². The molecule has 21 heavy (non-hydrogen) atoms. The van der Waals surface area contributed by atoms with E-state index in [-0.39, 0.29) is 5.91 Å². The van der Waals surface area contributed by atoms with Gasteiger partial charge in [-0.05, 0) is 12.1 Å². The molecule has 1 aliphatic heterocycles. The van der Waals surface area contributed by atoms with E-state index < -0.39 is 0 Å². The fourth-order valence-corrected chi connectivity index (χ4v) is 2.78. The van der Waals surface area contributed by atoms with E-state index in [4.69, 9.17) is 4.74 Å². The van der Waals surface area contributed by atoms with E-state index in [1.807, 2.05) is 5.38 Å². The van der Waals surface area contributed by atoms with Crippen molar-refractivity contribution in [3.63, 3.8) is 0 Å². The van der Waals surface area contributed by atoms with Crippen LogP contribution in [0.5, 0.6) is 0 Å². The first-order chi connectivity index (χ1) is 10.3. The molecule has 0 bridgehead atoms. The number of amides is 1. The molecule has 1 aliphatic rings. The topological polar surface area (TPSA) is 67.4 Å². The number of hydrogen-bond donors (Lipinski definition) is 1. The summed E-state index contributed by atoms with van der Waals surface area (Å²) >= 11 is 1.43. The molecule has 0 radical (unpaired) electrons. The van der Waals surface area contributed by atoms with E-state index in [1.165, 1.54) is 11.3 Å². The number of pyridine rings is 1. The van der Waals surface area contributed by atoms with Gasteiger partial charge >= 0.3 is 0 Å². The highest BCUT2D eigenvalue weighted by atomic mass is 32.1. The first-order valence-corrected chi connectivity index (χ1v) is 7.66. The Morgan fingerprint density at radius 3 is 3.00 bits per heavy atom. The molecule has 2 aromatic heterocycles. The summed E-state index contributed by atoms with van der Waals surface area (Å²) in [5.41, 5.74) is 1.36. The molecule has 1 amide bonds. The number of hydrogen-bond acceptors (Lipinski definition) is 6. The summed E-state index contributed by atoms with van der Waals surface area (Å²) in [6, 6.07) is 5.24. The molecule has 0 atom stereocenters. The monoisotopic (exact) mass is 304 g/mol. The Balaban J connectivity index is 1.58. The third-order valence-electron chi connectivity index (χ3n) is 3.16. The second-order valence-corrected chi connectivity index (χ2v) is 5.56. The Morgan fingerprint density at radius 2 is 2.24 bits per heavy atom. The minimum atomic E-state index is -0.233. The van der Waals surface area contributed by atoms with Crippen molar-refractivity contribution >= 4 is 22.4 Å². The van der Waals surface area contributed by atoms with Gasteiger partial charge in [0.2, 0.25) is 0 Å². The van der Waals surface area contributed by atoms with Crippen molar-refractivity contribution < 1.29 is 9.53 Å². The Morgan fingerprint density at radius 1 is 1.38 bits per heavy atom. The van der Waals surface area contributed by atoms with Crippen molar-refractivity contribution in [2.75, 3.05) is 31.6 Å². The first kappa shape index (κ1) is 14.1. The number of carbonyl (C=O) groups excluding carboxylic acids is 1. The fourth-order valence-electron chi connectivity index (χ4n) is 2.08. The summed E-state index contributed by atoms with van der Waals surface area (Å²) in [6.07, 6.45) is 1.60. The lowest BCUT2D eigenvalue weighted by atomic mass is 10.3. The highest BCUT2D eigenvalue weighted by molar-refractivity contribution is 7.13. The molecule has 0 aliphatic carbocycles. The van der Waals surface area contributed by atoms with Gasteiger partial charge < -0.3 is 4.74 Å². The SMILES string of the molecule is O=C(Nc1nc(CN2CCOCC2)cs1)c1ccccn1. The molecule has 1 fully saturated rings. The van der Waals surface area contributed by atoms with E-state index in [0.717, 1.165) is 38.5 Å². The second-order valence-electron chi connectivity index (χ2n) is 4.70. The van der Waals surface area contributed by atoms with Gasteiger partial charge in [0.25, 0.3) is 5.91 Å². The number of nitrogens with one attached hydrogen (secondary N) is 1. The molecule has 0 unspecified atom stereocenters. The van der Waals surface area contributed by atoms with Crippen LogP contribution in [0.1, 0.15) is 16.2 Å². The fraction of sp³-hybridized carbons (Fsp3) is 0.357. The molecular weight excluding hydrogens is 288 g/mol. The molecule has 3 heterocycles. The third kappa shape index (κ3) is 3.84. The first-order valence-electron chi connectivity index (χ1n) is 6.78. The Labute approximate surface area is 126 Å². The molecule has 110 valence electrons. The zero-order valence-corrected chi connectivity index (χ0v) is 12.3. The number of nitrogens with zero attached hydrogens (tertiary/aromatic N) is 3. The van der Waals surface area contributed by atoms with Gasteiger partial charge in [-0.15, -0.1) is 11.3 Å². The molecule has 7 heteroatoms. The van der Waals surface area contributed by atoms with Gasteiger partial charge in [-0.25, -0.2) is 4.98 Å². The summed E-state index contributed by atoms with van der Waals surface area (Å²) < 4.78 is 5.32. The zero-order chi connectivity index (χ0) is 14.5. The van der Waals surface area contributed by atoms with Gasteiger partial charge in [-0.3, -0.25) is 20.0 Å². The van der Waals surface area contributed by atoms with Crippen molar-refractivity contribution in [1.29, 1.82) is 0 Å². The number of morpholine rings is 1. The van der Waals surface area contributed by atoms with Gasteiger partial charge in [0.05, 0.1) is 18.9 Å². The smallest absolute Gasteiger partial charge is 0.276 e. The van der Waals surface area contributed by atoms with Crippen LogP contribution in [-0.4, -0.2) is 47.1 Å². The van der Waals surface area contributed by atoms with Crippen LogP contribution in [0.25, 0.3) is 0 Å². The van der Waals surface area contributed by atoms with Crippen LogP contribution in [0, 0.1) is 0 Å². The van der Waals surface area contributed by atoms with E-state index in [0.29, 0.717) is 10.8 Å². The van der Waals surface area contributed by atoms with Gasteiger partial charge in [-0.1, -0.05) is 6.07 Å². The Kier molecular flexibility index (Phi) is 4.54. The minimum absolute atomic E-state index is 0.233. The maximum Gasteiger partial charge on any atom is 0.276 e. The van der Waals surface area contributed by atoms with Gasteiger partial charge in [0.1, 0.15) is 5.69 Å². The largest absolute Gasteiger partial charge is 0.379 e. The van der Waals surface area contributed by atoms with Crippen LogP contribution in [-0.2, 0) is 11.3 Å². The molecule has 6 nitrogen and oxygen atoms in total. The molecular formula is C14H16N4O2S. The zero-order valence-electron chi connectivity index (χ0n) is 11.5. The Hall–Kier alpha value is -1.83. The van der Waals surface area contributed by atoms with Gasteiger partial charge in [0.15, 0.2) is 5.13 Å². The summed E-state index contributed by atoms with van der Waals surface area (Å²) in [7, 11) is 0. The van der Waals surface area contributed by atoms with Crippen molar-refractivity contribution in [3.05, 3.63) is 41.2 Å². The lowest BCUT2D eigenvalue weighted by molar-refractivity contribution is 0.0337. The van der Waals surface area contributed by atoms with Crippen LogP contribution in [0.15, 0.2) is 29.8 Å². The van der Waals surface area contributed by atoms with E-state index in [1.54, 1.807) is 24.4 Å². The van der Waals surface area contributed by atoms with Gasteiger partial charge in [0, 0.05) is 31.2 Å². The van der Waals surface area contributed by atoms with Crippen LogP contribution in [0.2, 0.25) is 0 Å². The quantitative estimate of drug-likeness (QED) is 0.930. The summed E-state index contributed by atoms with van der Waals surface area (Å²) in [4.78, 5) is 22.7. The molecule has 1 saturated heterocycles. The molecule has 0 spiro atoms. The lowest BCUT2D eigenvalue weighted by Crippen LogP contribution is -2.35. The van der Waals surface area contributed by atoms with E-state index in [2.05, 4.69) is 20.2 Å². The molecule has 2 aromatic rings. The number of rotatable bonds is 4. The summed E-state index contributed by atoms with van der Waals surface area (Å²) in [5.74, 6) is -0.233. The minimum Gasteiger partial charge on any atom is -0.379 e. The van der Waals surface area contributed by atoms with Crippen molar-refractivity contribution in [2.45, 2.75) is 6.54 Å². The predicted molar refractivity (Wildman–Crippen MR) is 80.4 cm³/mol. The highest BCUT2D eigenvalue weighted by Crippen LogP contribution is 2.17. The van der Waals surface area contributed by atoms with Crippen LogP contribution in [0.4, 0.5) is 5.13 Å². The number of thiazole rings is 1. The average Bonchev–Trinajstić information content (AvgIpc) is 2.96. The molecule has 1 N–H and O–H groups in total. The van der Waals surface area contributed by atoms with Crippen molar-refractivity contribution in [2.24, 2.45) is 0 Å². The third-order valence-corrected chi connectivity index (χ3v) is 3.97. The lowest BCUT2D eigenvalue weighted by Gasteiger charge is -2.25. The Bertz CT molecular complexity index is 596. The van der Waals surface area contributed by atoms with E-state index >= 15 is 0 Å². The van der Waals surface area contributed by atoms with Crippen molar-refractivity contribution in [3.8, 4) is 0 Å². The number of aromatic nitrogens is 2. The van der Waals surface area contributed by atoms with E-state index in [9.17, 15) is 4.79 Å². The molecule has 0 saturated carbocycles. The standard InChI is InChI=1S/C14H16N4O2S/c19-13(12-3-1-2-4-15-12)17-14-16-11(10-21-14)9-18-5-7-20-8-6-18/h1-4,10H,5-9H2,(H,16,17,19). The highest BCUT2D eigenvalue weighted by Gasteiger charge is 2.14. The number of ether oxygens (including phenoxy) is 1. The summed E-state index contributed by atoms with van der Waals surface area (Å²) in [5, 5.41) is 5.36. The van der Waals surface area contributed by atoms with Crippen LogP contribution < -0.4 is 5.32 Å². The number of carbonyl (C=O) groups is 1. The molecule has 0 aromatic carbocycles. The number of anilines is 1. The predicted octanol–water partition coefficient (Wildman–Crippen LogP) is 1.62. The summed E-state index contributed by atoms with van der Waals surface area (Å²) in [6.45, 7) is 4.18. The van der Waals surface area contributed by atoms with Crippen LogP contribution >= 0.6 is 11.3 Å². The van der Waals surface area contributed by atoms with Crippen LogP contribution in [0.3, 0.4) is 0 Å². The average molecular weight is 304 g/mol. The molecule has 3 rings (SSSR count). The van der Waals surface area contributed by atoms with Crippen molar-refractivity contribution in [1.82, 2.24) is 14.9 Å².